The van der Waals surface area contributed by atoms with Gasteiger partial charge in [0.25, 0.3) is 0 Å². The van der Waals surface area contributed by atoms with Gasteiger partial charge in [0.05, 0.1) is 0 Å². The Bertz CT molecular complexity index is 570. The Morgan fingerprint density at radius 2 is 1.58 bits per heavy atom. The quantitative estimate of drug-likeness (QED) is 0.871. The molecule has 2 aromatic rings. The van der Waals surface area contributed by atoms with Crippen LogP contribution in [0, 0.1) is 26.6 Å². The predicted octanol–water partition coefficient (Wildman–Crippen LogP) is 4.30. The number of rotatable bonds is 2. The molecule has 0 amide bonds. The standard InChI is InChI=1S/C16H18FN.ClH/c1-10-4-5-14(16(17)6-10)13-7-11(2)15(9-18)12(3)8-13;/h4-8H,9,18H2,1-3H3;1H. The molecule has 0 aliphatic heterocycles. The van der Waals surface area contributed by atoms with Crippen LogP contribution in [0.5, 0.6) is 0 Å². The topological polar surface area (TPSA) is 26.0 Å². The van der Waals surface area contributed by atoms with Gasteiger partial charge in [-0.15, -0.1) is 12.4 Å². The summed E-state index contributed by atoms with van der Waals surface area (Å²) in [5, 5.41) is 0. The van der Waals surface area contributed by atoms with Gasteiger partial charge in [-0.2, -0.15) is 0 Å². The maximum Gasteiger partial charge on any atom is 0.131 e. The minimum atomic E-state index is -0.172. The minimum absolute atomic E-state index is 0. The number of nitrogens with two attached hydrogens (primary N) is 1. The number of halogens is 2. The molecule has 0 radical (unpaired) electrons. The third kappa shape index (κ3) is 3.14. The molecular weight excluding hydrogens is 261 g/mol. The van der Waals surface area contributed by atoms with Crippen LogP contribution in [0.3, 0.4) is 0 Å². The van der Waals surface area contributed by atoms with Crippen LogP contribution in [-0.4, -0.2) is 0 Å². The first-order chi connectivity index (χ1) is 8.52. The van der Waals surface area contributed by atoms with E-state index < -0.39 is 0 Å². The molecule has 0 fully saturated rings. The van der Waals surface area contributed by atoms with Crippen LogP contribution in [-0.2, 0) is 6.54 Å². The van der Waals surface area contributed by atoms with Crippen LogP contribution in [0.4, 0.5) is 4.39 Å². The molecule has 0 spiro atoms. The molecule has 0 saturated heterocycles. The Labute approximate surface area is 120 Å². The van der Waals surface area contributed by atoms with Crippen molar-refractivity contribution < 1.29 is 4.39 Å². The maximum absolute atomic E-state index is 14.0. The second kappa shape index (κ2) is 6.18. The molecule has 0 heterocycles. The van der Waals surface area contributed by atoms with E-state index in [0.29, 0.717) is 12.1 Å². The first kappa shape index (κ1) is 15.7. The molecule has 19 heavy (non-hydrogen) atoms. The summed E-state index contributed by atoms with van der Waals surface area (Å²) >= 11 is 0. The summed E-state index contributed by atoms with van der Waals surface area (Å²) in [6.45, 7) is 6.45. The molecule has 102 valence electrons. The van der Waals surface area contributed by atoms with Crippen molar-refractivity contribution in [2.24, 2.45) is 5.73 Å². The van der Waals surface area contributed by atoms with E-state index in [1.54, 1.807) is 6.07 Å². The molecule has 0 bridgehead atoms. The summed E-state index contributed by atoms with van der Waals surface area (Å²) in [6, 6.07) is 9.34. The Balaban J connectivity index is 0.00000180. The van der Waals surface area contributed by atoms with Gasteiger partial charge >= 0.3 is 0 Å². The highest BCUT2D eigenvalue weighted by Gasteiger charge is 2.09. The number of hydrogen-bond acceptors (Lipinski definition) is 1. The molecule has 2 rings (SSSR count). The van der Waals surface area contributed by atoms with Crippen LogP contribution in [0.2, 0.25) is 0 Å². The third-order valence-corrected chi connectivity index (χ3v) is 3.34. The fourth-order valence-electron chi connectivity index (χ4n) is 2.33. The van der Waals surface area contributed by atoms with Gasteiger partial charge in [0, 0.05) is 12.1 Å². The molecule has 0 aromatic heterocycles. The van der Waals surface area contributed by atoms with Crippen LogP contribution in [0.1, 0.15) is 22.3 Å². The second-order valence-corrected chi connectivity index (χ2v) is 4.78. The fraction of sp³-hybridized carbons (Fsp3) is 0.250. The van der Waals surface area contributed by atoms with Gasteiger partial charge in [-0.3, -0.25) is 0 Å². The van der Waals surface area contributed by atoms with Crippen molar-refractivity contribution in [3.63, 3.8) is 0 Å². The Kier molecular flexibility index (Phi) is 5.10. The zero-order valence-electron chi connectivity index (χ0n) is 11.5. The van der Waals surface area contributed by atoms with E-state index in [-0.39, 0.29) is 18.2 Å². The van der Waals surface area contributed by atoms with Crippen molar-refractivity contribution in [1.29, 1.82) is 0 Å². The second-order valence-electron chi connectivity index (χ2n) is 4.78. The summed E-state index contributed by atoms with van der Waals surface area (Å²) in [5.41, 5.74) is 11.6. The maximum atomic E-state index is 14.0. The van der Waals surface area contributed by atoms with Crippen molar-refractivity contribution in [1.82, 2.24) is 0 Å². The molecule has 0 saturated carbocycles. The Morgan fingerprint density at radius 1 is 1.00 bits per heavy atom. The van der Waals surface area contributed by atoms with Crippen molar-refractivity contribution in [2.45, 2.75) is 27.3 Å². The predicted molar refractivity (Wildman–Crippen MR) is 81.2 cm³/mol. The van der Waals surface area contributed by atoms with E-state index in [4.69, 9.17) is 5.73 Å². The first-order valence-electron chi connectivity index (χ1n) is 6.09. The normalized spacial score (nSPS) is 10.2. The molecule has 0 aliphatic carbocycles. The highest BCUT2D eigenvalue weighted by molar-refractivity contribution is 5.85. The van der Waals surface area contributed by atoms with Crippen molar-refractivity contribution >= 4 is 12.4 Å². The van der Waals surface area contributed by atoms with Gasteiger partial charge in [0.2, 0.25) is 0 Å². The average molecular weight is 280 g/mol. The van der Waals surface area contributed by atoms with E-state index in [1.165, 1.54) is 0 Å². The lowest BCUT2D eigenvalue weighted by Crippen LogP contribution is -2.02. The van der Waals surface area contributed by atoms with Gasteiger partial charge < -0.3 is 5.73 Å². The molecular formula is C16H19ClFN. The molecule has 2 aromatic carbocycles. The largest absolute Gasteiger partial charge is 0.326 e. The Hall–Kier alpha value is -1.38. The van der Waals surface area contributed by atoms with Crippen molar-refractivity contribution in [2.75, 3.05) is 0 Å². The van der Waals surface area contributed by atoms with Crippen LogP contribution in [0.25, 0.3) is 11.1 Å². The van der Waals surface area contributed by atoms with Crippen LogP contribution in [0.15, 0.2) is 30.3 Å². The first-order valence-corrected chi connectivity index (χ1v) is 6.09. The smallest absolute Gasteiger partial charge is 0.131 e. The molecule has 0 aliphatic rings. The summed E-state index contributed by atoms with van der Waals surface area (Å²) in [6.07, 6.45) is 0. The van der Waals surface area contributed by atoms with Gasteiger partial charge in [-0.1, -0.05) is 24.3 Å². The van der Waals surface area contributed by atoms with Gasteiger partial charge in [-0.25, -0.2) is 4.39 Å². The fourth-order valence-corrected chi connectivity index (χ4v) is 2.33. The molecule has 1 nitrogen and oxygen atoms in total. The van der Waals surface area contributed by atoms with E-state index in [1.807, 2.05) is 45.0 Å². The summed E-state index contributed by atoms with van der Waals surface area (Å²) < 4.78 is 14.0. The van der Waals surface area contributed by atoms with Gasteiger partial charge in [0.15, 0.2) is 0 Å². The van der Waals surface area contributed by atoms with Gasteiger partial charge in [-0.05, 0) is 54.7 Å². The zero-order chi connectivity index (χ0) is 13.3. The zero-order valence-corrected chi connectivity index (χ0v) is 12.3. The van der Waals surface area contributed by atoms with E-state index in [2.05, 4.69) is 0 Å². The van der Waals surface area contributed by atoms with Crippen molar-refractivity contribution in [3.05, 3.63) is 58.4 Å². The van der Waals surface area contributed by atoms with Crippen LogP contribution < -0.4 is 5.73 Å². The van der Waals surface area contributed by atoms with Gasteiger partial charge in [0.1, 0.15) is 5.82 Å². The number of aryl methyl sites for hydroxylation is 3. The minimum Gasteiger partial charge on any atom is -0.326 e. The highest BCUT2D eigenvalue weighted by Crippen LogP contribution is 2.27. The summed E-state index contributed by atoms with van der Waals surface area (Å²) in [5.74, 6) is -0.172. The average Bonchev–Trinajstić information content (AvgIpc) is 2.28. The molecule has 0 atom stereocenters. The molecule has 2 N–H and O–H groups in total. The third-order valence-electron chi connectivity index (χ3n) is 3.34. The lowest BCUT2D eigenvalue weighted by atomic mass is 9.95. The SMILES string of the molecule is Cc1ccc(-c2cc(C)c(CN)c(C)c2)c(F)c1.Cl. The lowest BCUT2D eigenvalue weighted by Gasteiger charge is -2.12. The lowest BCUT2D eigenvalue weighted by molar-refractivity contribution is 0.630. The van der Waals surface area contributed by atoms with E-state index in [0.717, 1.165) is 27.8 Å². The van der Waals surface area contributed by atoms with Crippen LogP contribution >= 0.6 is 12.4 Å². The highest BCUT2D eigenvalue weighted by atomic mass is 35.5. The summed E-state index contributed by atoms with van der Waals surface area (Å²) in [7, 11) is 0. The van der Waals surface area contributed by atoms with Crippen molar-refractivity contribution in [3.8, 4) is 11.1 Å². The molecule has 3 heteroatoms. The monoisotopic (exact) mass is 279 g/mol. The Morgan fingerprint density at radius 3 is 2.05 bits per heavy atom. The summed E-state index contributed by atoms with van der Waals surface area (Å²) in [4.78, 5) is 0. The number of benzene rings is 2. The van der Waals surface area contributed by atoms with E-state index >= 15 is 0 Å². The van der Waals surface area contributed by atoms with E-state index in [9.17, 15) is 4.39 Å². The number of hydrogen-bond donors (Lipinski definition) is 1. The molecule has 0 unspecified atom stereocenters.